The van der Waals surface area contributed by atoms with E-state index in [0.29, 0.717) is 13.3 Å². The van der Waals surface area contributed by atoms with E-state index in [1.807, 2.05) is 17.7 Å². The largest absolute Gasteiger partial charge is 0.361 e. The molecule has 4 nitrogen and oxygen atoms in total. The van der Waals surface area contributed by atoms with Crippen LogP contribution in [0.1, 0.15) is 12.6 Å². The molecule has 0 aromatic carbocycles. The lowest BCUT2D eigenvalue weighted by atomic mass is 10.3. The van der Waals surface area contributed by atoms with Crippen LogP contribution in [0.15, 0.2) is 12.5 Å². The highest BCUT2D eigenvalue weighted by Crippen LogP contribution is 1.96. The highest BCUT2D eigenvalue weighted by molar-refractivity contribution is 4.96. The molecular weight excluding hydrogens is 154 g/mol. The fourth-order valence-electron chi connectivity index (χ4n) is 0.951. The number of nitrogens with two attached hydrogens (primary N) is 1. The summed E-state index contributed by atoms with van der Waals surface area (Å²) in [5.41, 5.74) is 6.41. The van der Waals surface area contributed by atoms with Crippen LogP contribution in [-0.4, -0.2) is 22.7 Å². The molecule has 1 heterocycles. The van der Waals surface area contributed by atoms with Crippen LogP contribution in [0.25, 0.3) is 0 Å². The quantitative estimate of drug-likeness (QED) is 0.693. The summed E-state index contributed by atoms with van der Waals surface area (Å²) >= 11 is 0. The number of rotatable bonds is 5. The van der Waals surface area contributed by atoms with Gasteiger partial charge in [-0.2, -0.15) is 0 Å². The van der Waals surface area contributed by atoms with Gasteiger partial charge in [0.15, 0.2) is 0 Å². The van der Waals surface area contributed by atoms with Gasteiger partial charge in [-0.3, -0.25) is 0 Å². The van der Waals surface area contributed by atoms with Crippen molar-refractivity contribution in [1.29, 1.82) is 0 Å². The van der Waals surface area contributed by atoms with Crippen molar-refractivity contribution in [3.05, 3.63) is 18.2 Å². The Balaban J connectivity index is 2.41. The van der Waals surface area contributed by atoms with Crippen LogP contribution in [0.5, 0.6) is 0 Å². The third-order valence-corrected chi connectivity index (χ3v) is 1.53. The molecule has 1 aromatic heterocycles. The lowest BCUT2D eigenvalue weighted by Gasteiger charge is -1.99. The van der Waals surface area contributed by atoms with Crippen molar-refractivity contribution in [2.24, 2.45) is 5.73 Å². The first-order chi connectivity index (χ1) is 5.86. The third-order valence-electron chi connectivity index (χ3n) is 1.53. The van der Waals surface area contributed by atoms with Crippen molar-refractivity contribution in [2.75, 3.05) is 13.2 Å². The van der Waals surface area contributed by atoms with E-state index >= 15 is 0 Å². The Morgan fingerprint density at radius 2 is 2.50 bits per heavy atom. The van der Waals surface area contributed by atoms with Crippen molar-refractivity contribution in [3.63, 3.8) is 0 Å². The topological polar surface area (TPSA) is 53.1 Å². The first-order valence-corrected chi connectivity index (χ1v) is 4.15. The molecule has 0 aliphatic heterocycles. The standard InChI is InChI=1S/C8H15N3O/c1-2-12-7-11-5-8(3-4-9)10-6-11/h5-6H,2-4,7,9H2,1H3. The zero-order valence-corrected chi connectivity index (χ0v) is 7.36. The summed E-state index contributed by atoms with van der Waals surface area (Å²) in [6, 6.07) is 0. The monoisotopic (exact) mass is 169 g/mol. The van der Waals surface area contributed by atoms with Gasteiger partial charge in [0.1, 0.15) is 6.73 Å². The lowest BCUT2D eigenvalue weighted by Crippen LogP contribution is -2.03. The average molecular weight is 169 g/mol. The molecule has 0 saturated carbocycles. The smallest absolute Gasteiger partial charge is 0.123 e. The normalized spacial score (nSPS) is 10.5. The molecule has 12 heavy (non-hydrogen) atoms. The number of ether oxygens (including phenoxy) is 1. The predicted octanol–water partition coefficient (Wildman–Crippen LogP) is 0.378. The maximum atomic E-state index is 5.39. The van der Waals surface area contributed by atoms with Gasteiger partial charge in [0.25, 0.3) is 0 Å². The number of imidazole rings is 1. The van der Waals surface area contributed by atoms with Crippen LogP contribution in [0.2, 0.25) is 0 Å². The minimum atomic E-state index is 0.577. The summed E-state index contributed by atoms with van der Waals surface area (Å²) in [7, 11) is 0. The molecule has 1 rings (SSSR count). The van der Waals surface area contributed by atoms with Gasteiger partial charge in [-0.1, -0.05) is 0 Å². The van der Waals surface area contributed by atoms with E-state index in [0.717, 1.165) is 18.7 Å². The summed E-state index contributed by atoms with van der Waals surface area (Å²) in [5.74, 6) is 0. The van der Waals surface area contributed by atoms with E-state index in [1.54, 1.807) is 6.33 Å². The maximum absolute atomic E-state index is 5.39. The maximum Gasteiger partial charge on any atom is 0.123 e. The Hall–Kier alpha value is -0.870. The zero-order chi connectivity index (χ0) is 8.81. The molecule has 0 aliphatic carbocycles. The van der Waals surface area contributed by atoms with Crippen LogP contribution in [0.3, 0.4) is 0 Å². The van der Waals surface area contributed by atoms with Crippen molar-refractivity contribution < 1.29 is 4.74 Å². The number of nitrogens with zero attached hydrogens (tertiary/aromatic N) is 2. The van der Waals surface area contributed by atoms with Gasteiger partial charge in [-0.15, -0.1) is 0 Å². The number of hydrogen-bond donors (Lipinski definition) is 1. The number of hydrogen-bond acceptors (Lipinski definition) is 3. The van der Waals surface area contributed by atoms with Crippen LogP contribution in [0, 0.1) is 0 Å². The molecule has 4 heteroatoms. The fraction of sp³-hybridized carbons (Fsp3) is 0.625. The van der Waals surface area contributed by atoms with Gasteiger partial charge in [-0.05, 0) is 13.5 Å². The van der Waals surface area contributed by atoms with Crippen LogP contribution < -0.4 is 5.73 Å². The summed E-state index contributed by atoms with van der Waals surface area (Å²) in [5, 5.41) is 0. The van der Waals surface area contributed by atoms with Gasteiger partial charge in [0, 0.05) is 19.2 Å². The van der Waals surface area contributed by atoms with Gasteiger partial charge in [0.05, 0.1) is 12.0 Å². The lowest BCUT2D eigenvalue weighted by molar-refractivity contribution is 0.0877. The Kier molecular flexibility index (Phi) is 3.76. The third kappa shape index (κ3) is 2.64. The van der Waals surface area contributed by atoms with Crippen molar-refractivity contribution in [2.45, 2.75) is 20.1 Å². The molecule has 0 amide bonds. The molecule has 0 atom stereocenters. The summed E-state index contributed by atoms with van der Waals surface area (Å²) in [6.45, 7) is 3.92. The minimum absolute atomic E-state index is 0.577. The average Bonchev–Trinajstić information content (AvgIpc) is 2.50. The molecule has 0 aliphatic rings. The molecule has 0 spiro atoms. The van der Waals surface area contributed by atoms with Gasteiger partial charge < -0.3 is 15.0 Å². The SMILES string of the molecule is CCOCn1cnc(CCN)c1. The summed E-state index contributed by atoms with van der Waals surface area (Å²) in [6.07, 6.45) is 4.56. The second kappa shape index (κ2) is 4.90. The highest BCUT2D eigenvalue weighted by atomic mass is 16.5. The molecule has 0 fully saturated rings. The van der Waals surface area contributed by atoms with Crippen LogP contribution in [-0.2, 0) is 17.9 Å². The minimum Gasteiger partial charge on any atom is -0.361 e. The molecule has 0 saturated heterocycles. The van der Waals surface area contributed by atoms with E-state index in [-0.39, 0.29) is 0 Å². The van der Waals surface area contributed by atoms with E-state index in [9.17, 15) is 0 Å². The Morgan fingerprint density at radius 3 is 3.17 bits per heavy atom. The van der Waals surface area contributed by atoms with Crippen LogP contribution >= 0.6 is 0 Å². The molecule has 0 radical (unpaired) electrons. The molecule has 68 valence electrons. The summed E-state index contributed by atoms with van der Waals surface area (Å²) < 4.78 is 7.11. The second-order valence-electron chi connectivity index (χ2n) is 2.54. The Labute approximate surface area is 72.3 Å². The van der Waals surface area contributed by atoms with Crippen molar-refractivity contribution in [1.82, 2.24) is 9.55 Å². The van der Waals surface area contributed by atoms with Crippen molar-refractivity contribution in [3.8, 4) is 0 Å². The Morgan fingerprint density at radius 1 is 1.67 bits per heavy atom. The highest BCUT2D eigenvalue weighted by Gasteiger charge is 1.96. The van der Waals surface area contributed by atoms with Gasteiger partial charge >= 0.3 is 0 Å². The second-order valence-corrected chi connectivity index (χ2v) is 2.54. The summed E-state index contributed by atoms with van der Waals surface area (Å²) in [4.78, 5) is 4.16. The van der Waals surface area contributed by atoms with E-state index in [1.165, 1.54) is 0 Å². The number of aromatic nitrogens is 2. The van der Waals surface area contributed by atoms with E-state index in [2.05, 4.69) is 4.98 Å². The molecule has 2 N–H and O–H groups in total. The zero-order valence-electron chi connectivity index (χ0n) is 7.36. The molecule has 1 aromatic rings. The predicted molar refractivity (Wildman–Crippen MR) is 46.6 cm³/mol. The van der Waals surface area contributed by atoms with E-state index in [4.69, 9.17) is 10.5 Å². The molecule has 0 unspecified atom stereocenters. The van der Waals surface area contributed by atoms with E-state index < -0.39 is 0 Å². The fourth-order valence-corrected chi connectivity index (χ4v) is 0.951. The van der Waals surface area contributed by atoms with Crippen molar-refractivity contribution >= 4 is 0 Å². The Bertz CT molecular complexity index is 222. The first kappa shape index (κ1) is 9.22. The van der Waals surface area contributed by atoms with Gasteiger partial charge in [0.2, 0.25) is 0 Å². The van der Waals surface area contributed by atoms with Crippen LogP contribution in [0.4, 0.5) is 0 Å². The molecule has 0 bridgehead atoms. The molecular formula is C8H15N3O. The van der Waals surface area contributed by atoms with Gasteiger partial charge in [-0.25, -0.2) is 4.98 Å². The first-order valence-electron chi connectivity index (χ1n) is 4.15.